The third-order valence-corrected chi connectivity index (χ3v) is 4.39. The van der Waals surface area contributed by atoms with Crippen LogP contribution in [0.4, 0.5) is 0 Å². The summed E-state index contributed by atoms with van der Waals surface area (Å²) in [6.07, 6.45) is 10.5. The minimum Gasteiger partial charge on any atom is -1.00 e. The van der Waals surface area contributed by atoms with E-state index in [1.807, 2.05) is 0 Å². The van der Waals surface area contributed by atoms with Crippen molar-refractivity contribution in [1.82, 2.24) is 0 Å². The van der Waals surface area contributed by atoms with Gasteiger partial charge in [-0.05, 0) is 19.3 Å². The van der Waals surface area contributed by atoms with Crippen LogP contribution in [-0.4, -0.2) is 31.0 Å². The maximum absolute atomic E-state index is 10.6. The Morgan fingerprint density at radius 3 is 1.92 bits per heavy atom. The molecule has 0 fully saturated rings. The number of primary amides is 1. The van der Waals surface area contributed by atoms with Gasteiger partial charge in [0.25, 0.3) is 0 Å². The molecule has 1 aromatic carbocycles. The molecule has 2 N–H and O–H groups in total. The lowest BCUT2D eigenvalue weighted by atomic mass is 10.1. The number of amides is 1. The van der Waals surface area contributed by atoms with E-state index in [4.69, 9.17) is 5.73 Å². The molecule has 0 atom stereocenters. The van der Waals surface area contributed by atoms with Crippen molar-refractivity contribution in [2.24, 2.45) is 5.73 Å². The lowest BCUT2D eigenvalue weighted by Gasteiger charge is -2.30. The minimum atomic E-state index is -0.166. The molecule has 0 aliphatic carbocycles. The van der Waals surface area contributed by atoms with E-state index in [1.54, 1.807) is 0 Å². The van der Waals surface area contributed by atoms with E-state index in [-0.39, 0.29) is 22.9 Å². The molecule has 4 heteroatoms. The Kier molecular flexibility index (Phi) is 12.9. The van der Waals surface area contributed by atoms with Gasteiger partial charge in [0.15, 0.2) is 0 Å². The predicted octanol–water partition coefficient (Wildman–Crippen LogP) is 1.26. The number of hydrogen-bond donors (Lipinski definition) is 1. The van der Waals surface area contributed by atoms with Crippen LogP contribution >= 0.6 is 0 Å². The fraction of sp³-hybridized carbons (Fsp3) is 0.650. The first-order valence-corrected chi connectivity index (χ1v) is 9.14. The molecule has 0 unspecified atom stereocenters. The standard InChI is InChI=1S/C20H34N2O.BrH/c1-22(2,18-19-14-10-9-11-15-19)17-13-8-6-4-3-5-7-12-16-20(21)23;/h9-11,14-15H,3-8,12-13,16-18H2,1-2H3,(H-,21,23);1H. The van der Waals surface area contributed by atoms with Gasteiger partial charge in [0.05, 0.1) is 20.6 Å². The van der Waals surface area contributed by atoms with E-state index in [1.165, 1.54) is 50.6 Å². The molecule has 0 saturated carbocycles. The molecule has 0 aromatic heterocycles. The molecule has 138 valence electrons. The van der Waals surface area contributed by atoms with Crippen LogP contribution in [0.25, 0.3) is 0 Å². The molecular weight excluding hydrogens is 364 g/mol. The summed E-state index contributed by atoms with van der Waals surface area (Å²) >= 11 is 0. The van der Waals surface area contributed by atoms with Gasteiger partial charge in [0, 0.05) is 12.0 Å². The Hall–Kier alpha value is -0.870. The first-order chi connectivity index (χ1) is 11.0. The van der Waals surface area contributed by atoms with Crippen LogP contribution in [0.5, 0.6) is 0 Å². The van der Waals surface area contributed by atoms with Crippen LogP contribution < -0.4 is 22.7 Å². The Bertz CT molecular complexity index is 435. The van der Waals surface area contributed by atoms with E-state index in [2.05, 4.69) is 44.4 Å². The van der Waals surface area contributed by atoms with Gasteiger partial charge < -0.3 is 27.2 Å². The monoisotopic (exact) mass is 398 g/mol. The van der Waals surface area contributed by atoms with Crippen molar-refractivity contribution < 1.29 is 26.3 Å². The zero-order chi connectivity index (χ0) is 17.0. The summed E-state index contributed by atoms with van der Waals surface area (Å²) in [6, 6.07) is 10.8. The number of carbonyl (C=O) groups is 1. The summed E-state index contributed by atoms with van der Waals surface area (Å²) in [5.74, 6) is -0.166. The third kappa shape index (κ3) is 12.5. The van der Waals surface area contributed by atoms with Gasteiger partial charge in [-0.25, -0.2) is 0 Å². The summed E-state index contributed by atoms with van der Waals surface area (Å²) in [7, 11) is 4.65. The van der Waals surface area contributed by atoms with Crippen LogP contribution in [-0.2, 0) is 11.3 Å². The maximum atomic E-state index is 10.6. The quantitative estimate of drug-likeness (QED) is 0.394. The zero-order valence-corrected chi connectivity index (χ0v) is 17.1. The van der Waals surface area contributed by atoms with Gasteiger partial charge in [-0.1, -0.05) is 62.4 Å². The number of benzene rings is 1. The smallest absolute Gasteiger partial charge is 0.217 e. The second-order valence-electron chi connectivity index (χ2n) is 7.35. The van der Waals surface area contributed by atoms with Crippen LogP contribution in [0.2, 0.25) is 0 Å². The molecule has 3 nitrogen and oxygen atoms in total. The van der Waals surface area contributed by atoms with Crippen molar-refractivity contribution in [3.8, 4) is 0 Å². The molecule has 0 radical (unpaired) electrons. The summed E-state index contributed by atoms with van der Waals surface area (Å²) in [5, 5.41) is 0. The van der Waals surface area contributed by atoms with Crippen LogP contribution in [0.15, 0.2) is 30.3 Å². The molecule has 0 heterocycles. The van der Waals surface area contributed by atoms with Gasteiger partial charge in [0.2, 0.25) is 5.91 Å². The van der Waals surface area contributed by atoms with Crippen LogP contribution in [0, 0.1) is 0 Å². The van der Waals surface area contributed by atoms with Gasteiger partial charge in [-0.3, -0.25) is 4.79 Å². The lowest BCUT2D eigenvalue weighted by molar-refractivity contribution is -0.903. The van der Waals surface area contributed by atoms with E-state index in [9.17, 15) is 4.79 Å². The molecule has 1 rings (SSSR count). The van der Waals surface area contributed by atoms with Crippen molar-refractivity contribution >= 4 is 5.91 Å². The topological polar surface area (TPSA) is 43.1 Å². The highest BCUT2D eigenvalue weighted by molar-refractivity contribution is 5.73. The molecule has 0 saturated heterocycles. The fourth-order valence-corrected chi connectivity index (χ4v) is 3.06. The molecule has 24 heavy (non-hydrogen) atoms. The summed E-state index contributed by atoms with van der Waals surface area (Å²) in [4.78, 5) is 10.6. The maximum Gasteiger partial charge on any atom is 0.217 e. The summed E-state index contributed by atoms with van der Waals surface area (Å²) < 4.78 is 1.07. The minimum absolute atomic E-state index is 0. The summed E-state index contributed by atoms with van der Waals surface area (Å²) in [5.41, 5.74) is 6.56. The molecule has 1 aromatic rings. The fourth-order valence-electron chi connectivity index (χ4n) is 3.06. The number of nitrogens with two attached hydrogens (primary N) is 1. The Morgan fingerprint density at radius 2 is 1.38 bits per heavy atom. The SMILES string of the molecule is C[N+](C)(CCCCCCCCCCC(N)=O)Cc1ccccc1.[Br-]. The number of nitrogens with zero attached hydrogens (tertiary/aromatic N) is 1. The van der Waals surface area contributed by atoms with Gasteiger partial charge >= 0.3 is 0 Å². The normalized spacial score (nSPS) is 11.1. The van der Waals surface area contributed by atoms with Gasteiger partial charge in [-0.2, -0.15) is 0 Å². The molecule has 0 bridgehead atoms. The average molecular weight is 399 g/mol. The summed E-state index contributed by atoms with van der Waals surface area (Å²) in [6.45, 7) is 2.36. The Balaban J connectivity index is 0.00000529. The van der Waals surface area contributed by atoms with E-state index in [0.717, 1.165) is 23.9 Å². The Morgan fingerprint density at radius 1 is 0.875 bits per heavy atom. The first kappa shape index (κ1) is 23.1. The molecule has 0 aliphatic rings. The van der Waals surface area contributed by atoms with Gasteiger partial charge in [-0.15, -0.1) is 0 Å². The predicted molar refractivity (Wildman–Crippen MR) is 97.9 cm³/mol. The Labute approximate surface area is 159 Å². The van der Waals surface area contributed by atoms with E-state index in [0.29, 0.717) is 6.42 Å². The van der Waals surface area contributed by atoms with E-state index < -0.39 is 0 Å². The largest absolute Gasteiger partial charge is 1.00 e. The highest BCUT2D eigenvalue weighted by Gasteiger charge is 2.14. The highest BCUT2D eigenvalue weighted by atomic mass is 79.9. The number of halogens is 1. The van der Waals surface area contributed by atoms with Crippen molar-refractivity contribution in [3.05, 3.63) is 35.9 Å². The van der Waals surface area contributed by atoms with Crippen LogP contribution in [0.1, 0.15) is 63.4 Å². The zero-order valence-electron chi connectivity index (χ0n) is 15.5. The average Bonchev–Trinajstić information content (AvgIpc) is 2.49. The molecule has 0 aliphatic heterocycles. The molecule has 1 amide bonds. The van der Waals surface area contributed by atoms with Crippen molar-refractivity contribution in [2.45, 2.75) is 64.3 Å². The van der Waals surface area contributed by atoms with Crippen molar-refractivity contribution in [1.29, 1.82) is 0 Å². The number of rotatable bonds is 13. The van der Waals surface area contributed by atoms with Gasteiger partial charge in [0.1, 0.15) is 6.54 Å². The van der Waals surface area contributed by atoms with Crippen LogP contribution in [0.3, 0.4) is 0 Å². The number of carbonyl (C=O) groups excluding carboxylic acids is 1. The lowest BCUT2D eigenvalue weighted by Crippen LogP contribution is -3.00. The third-order valence-electron chi connectivity index (χ3n) is 4.39. The van der Waals surface area contributed by atoms with Crippen molar-refractivity contribution in [2.75, 3.05) is 20.6 Å². The second-order valence-corrected chi connectivity index (χ2v) is 7.35. The second kappa shape index (κ2) is 13.4. The molecular formula is C20H35BrN2O. The highest BCUT2D eigenvalue weighted by Crippen LogP contribution is 2.13. The van der Waals surface area contributed by atoms with E-state index >= 15 is 0 Å². The molecule has 0 spiro atoms. The number of hydrogen-bond acceptors (Lipinski definition) is 1. The number of unbranched alkanes of at least 4 members (excludes halogenated alkanes) is 7. The first-order valence-electron chi connectivity index (χ1n) is 9.14. The number of quaternary nitrogens is 1. The van der Waals surface area contributed by atoms with Crippen molar-refractivity contribution in [3.63, 3.8) is 0 Å².